The minimum Gasteiger partial charge on any atom is -0.548 e. The molecular formula is C16H22ClN3O5. The highest BCUT2D eigenvalue weighted by atomic mass is 35.5. The molecule has 9 heteroatoms. The number of carboxylic acid groups (broad SMARTS) is 1. The highest BCUT2D eigenvalue weighted by molar-refractivity contribution is 6.30. The fourth-order valence-electron chi connectivity index (χ4n) is 2.10. The number of aliphatic carboxylic acids is 1. The van der Waals surface area contributed by atoms with Crippen molar-refractivity contribution in [3.63, 3.8) is 0 Å². The third kappa shape index (κ3) is 7.08. The first-order chi connectivity index (χ1) is 11.7. The topological polar surface area (TPSA) is 146 Å². The Hall–Kier alpha value is -2.16. The monoisotopic (exact) mass is 371 g/mol. The molecule has 0 aliphatic heterocycles. The molecule has 2 amide bonds. The van der Waals surface area contributed by atoms with E-state index in [9.17, 15) is 19.5 Å². The number of nitrogens with one attached hydrogen (secondary N) is 2. The maximum Gasteiger partial charge on any atom is 0.277 e. The predicted octanol–water partition coefficient (Wildman–Crippen LogP) is -2.21. The van der Waals surface area contributed by atoms with E-state index in [0.717, 1.165) is 5.56 Å². The average Bonchev–Trinajstić information content (AvgIpc) is 2.56. The lowest BCUT2D eigenvalue weighted by Crippen LogP contribution is -2.66. The lowest BCUT2D eigenvalue weighted by atomic mass is 9.95. The Morgan fingerprint density at radius 3 is 2.36 bits per heavy atom. The summed E-state index contributed by atoms with van der Waals surface area (Å²) in [7, 11) is 0. The molecular weight excluding hydrogens is 350 g/mol. The SMILES string of the molecule is C[C@H]([NH3+])C(=O)NC[C@H](CC(=O)N[C@@H](CO)C(=O)[O-])c1ccc(Cl)cc1. The number of carbonyl (C=O) groups is 3. The van der Waals surface area contributed by atoms with E-state index in [-0.39, 0.29) is 18.9 Å². The number of carboxylic acids is 1. The lowest BCUT2D eigenvalue weighted by Gasteiger charge is -2.21. The molecule has 0 unspecified atom stereocenters. The van der Waals surface area contributed by atoms with E-state index in [1.807, 2.05) is 0 Å². The maximum absolute atomic E-state index is 12.1. The molecule has 0 heterocycles. The molecule has 0 spiro atoms. The number of quaternary nitrogens is 1. The summed E-state index contributed by atoms with van der Waals surface area (Å²) in [6.07, 6.45) is -0.0861. The molecule has 1 aromatic rings. The van der Waals surface area contributed by atoms with Crippen molar-refractivity contribution in [3.05, 3.63) is 34.9 Å². The quantitative estimate of drug-likeness (QED) is 0.388. The van der Waals surface area contributed by atoms with Crippen LogP contribution in [-0.2, 0) is 14.4 Å². The Morgan fingerprint density at radius 1 is 1.28 bits per heavy atom. The van der Waals surface area contributed by atoms with Crippen LogP contribution >= 0.6 is 11.6 Å². The van der Waals surface area contributed by atoms with Crippen molar-refractivity contribution in [1.29, 1.82) is 0 Å². The van der Waals surface area contributed by atoms with Crippen molar-refractivity contribution in [2.75, 3.05) is 13.2 Å². The van der Waals surface area contributed by atoms with Gasteiger partial charge in [0.2, 0.25) is 5.91 Å². The smallest absolute Gasteiger partial charge is 0.277 e. The van der Waals surface area contributed by atoms with Gasteiger partial charge in [-0.05, 0) is 24.6 Å². The van der Waals surface area contributed by atoms with E-state index in [4.69, 9.17) is 16.7 Å². The zero-order valence-electron chi connectivity index (χ0n) is 13.8. The third-order valence-electron chi connectivity index (χ3n) is 3.55. The van der Waals surface area contributed by atoms with Gasteiger partial charge in [0.15, 0.2) is 6.04 Å². The van der Waals surface area contributed by atoms with Crippen molar-refractivity contribution in [3.8, 4) is 0 Å². The molecule has 0 saturated carbocycles. The van der Waals surface area contributed by atoms with E-state index in [2.05, 4.69) is 16.4 Å². The van der Waals surface area contributed by atoms with Crippen LogP contribution in [0.2, 0.25) is 5.02 Å². The largest absolute Gasteiger partial charge is 0.548 e. The van der Waals surface area contributed by atoms with Gasteiger partial charge in [-0.15, -0.1) is 0 Å². The maximum atomic E-state index is 12.1. The lowest BCUT2D eigenvalue weighted by molar-refractivity contribution is -0.398. The second kappa shape index (κ2) is 9.97. The summed E-state index contributed by atoms with van der Waals surface area (Å²) < 4.78 is 0. The molecule has 0 fully saturated rings. The minimum atomic E-state index is -1.57. The number of aliphatic hydroxyl groups excluding tert-OH is 1. The molecule has 1 rings (SSSR count). The number of amides is 2. The summed E-state index contributed by atoms with van der Waals surface area (Å²) in [5.74, 6) is -2.82. The van der Waals surface area contributed by atoms with Gasteiger partial charge < -0.3 is 31.4 Å². The van der Waals surface area contributed by atoms with Gasteiger partial charge in [0.1, 0.15) is 0 Å². The van der Waals surface area contributed by atoms with Gasteiger partial charge in [-0.3, -0.25) is 9.59 Å². The predicted molar refractivity (Wildman–Crippen MR) is 88.2 cm³/mol. The number of benzene rings is 1. The number of hydrogen-bond donors (Lipinski definition) is 4. The van der Waals surface area contributed by atoms with Gasteiger partial charge in [0.05, 0.1) is 18.6 Å². The van der Waals surface area contributed by atoms with Crippen molar-refractivity contribution in [2.45, 2.75) is 31.3 Å². The Balaban J connectivity index is 2.83. The normalized spacial score (nSPS) is 14.2. The molecule has 8 nitrogen and oxygen atoms in total. The average molecular weight is 372 g/mol. The summed E-state index contributed by atoms with van der Waals surface area (Å²) in [5, 5.41) is 25.1. The summed E-state index contributed by atoms with van der Waals surface area (Å²) in [6.45, 7) is 1.04. The zero-order chi connectivity index (χ0) is 19.0. The molecule has 3 atom stereocenters. The van der Waals surface area contributed by atoms with Crippen molar-refractivity contribution in [1.82, 2.24) is 10.6 Å². The molecule has 0 aliphatic carbocycles. The Labute approximate surface area is 150 Å². The molecule has 138 valence electrons. The van der Waals surface area contributed by atoms with Crippen LogP contribution in [0.15, 0.2) is 24.3 Å². The molecule has 1 aromatic carbocycles. The van der Waals surface area contributed by atoms with Crippen LogP contribution in [0.1, 0.15) is 24.8 Å². The Kier molecular flexibility index (Phi) is 8.33. The Morgan fingerprint density at radius 2 is 1.88 bits per heavy atom. The fourth-order valence-corrected chi connectivity index (χ4v) is 2.22. The van der Waals surface area contributed by atoms with Crippen LogP contribution in [0.5, 0.6) is 0 Å². The van der Waals surface area contributed by atoms with Crippen LogP contribution < -0.4 is 21.5 Å². The first-order valence-corrected chi connectivity index (χ1v) is 8.09. The third-order valence-corrected chi connectivity index (χ3v) is 3.80. The van der Waals surface area contributed by atoms with Crippen LogP contribution in [-0.4, -0.2) is 48.1 Å². The van der Waals surface area contributed by atoms with E-state index in [0.29, 0.717) is 5.02 Å². The first-order valence-electron chi connectivity index (χ1n) is 7.72. The standard InChI is InChI=1S/C16H22ClN3O5/c1-9(18)15(23)19-7-11(10-2-4-12(17)5-3-10)6-14(22)20-13(8-21)16(24)25/h2-5,9,11,13,21H,6-8,18H2,1H3,(H,19,23)(H,20,22)(H,24,25)/t9-,11-,13-/m0/s1. The Bertz CT molecular complexity index is 606. The second-order valence-electron chi connectivity index (χ2n) is 5.72. The second-order valence-corrected chi connectivity index (χ2v) is 6.16. The van der Waals surface area contributed by atoms with Crippen molar-refractivity contribution in [2.24, 2.45) is 0 Å². The first kappa shape index (κ1) is 20.9. The van der Waals surface area contributed by atoms with Gasteiger partial charge in [-0.2, -0.15) is 0 Å². The zero-order valence-corrected chi connectivity index (χ0v) is 14.6. The molecule has 0 aromatic heterocycles. The minimum absolute atomic E-state index is 0.0861. The number of carbonyl (C=O) groups excluding carboxylic acids is 3. The molecule has 0 bridgehead atoms. The van der Waals surface area contributed by atoms with Gasteiger partial charge in [-0.1, -0.05) is 23.7 Å². The summed E-state index contributed by atoms with van der Waals surface area (Å²) >= 11 is 5.86. The van der Waals surface area contributed by atoms with Crippen LogP contribution in [0, 0.1) is 0 Å². The van der Waals surface area contributed by atoms with E-state index in [1.165, 1.54) is 0 Å². The molecule has 0 aliphatic rings. The molecule has 6 N–H and O–H groups in total. The highest BCUT2D eigenvalue weighted by Gasteiger charge is 2.21. The highest BCUT2D eigenvalue weighted by Crippen LogP contribution is 2.21. The van der Waals surface area contributed by atoms with Gasteiger partial charge in [-0.25, -0.2) is 0 Å². The fraction of sp³-hybridized carbons (Fsp3) is 0.438. The van der Waals surface area contributed by atoms with Gasteiger partial charge in [0, 0.05) is 23.9 Å². The molecule has 0 radical (unpaired) electrons. The van der Waals surface area contributed by atoms with Gasteiger partial charge in [0.25, 0.3) is 5.91 Å². The van der Waals surface area contributed by atoms with E-state index < -0.39 is 36.5 Å². The van der Waals surface area contributed by atoms with Crippen LogP contribution in [0.4, 0.5) is 0 Å². The molecule has 0 saturated heterocycles. The summed E-state index contributed by atoms with van der Waals surface area (Å²) in [4.78, 5) is 34.6. The van der Waals surface area contributed by atoms with Crippen molar-refractivity contribution >= 4 is 29.4 Å². The van der Waals surface area contributed by atoms with Crippen molar-refractivity contribution < 1.29 is 30.3 Å². The number of hydrogen-bond acceptors (Lipinski definition) is 5. The van der Waals surface area contributed by atoms with Gasteiger partial charge >= 0.3 is 0 Å². The number of aliphatic hydroxyl groups is 1. The van der Waals surface area contributed by atoms with E-state index in [1.54, 1.807) is 31.2 Å². The van der Waals surface area contributed by atoms with Crippen LogP contribution in [0.25, 0.3) is 0 Å². The van der Waals surface area contributed by atoms with E-state index >= 15 is 0 Å². The summed E-state index contributed by atoms with van der Waals surface area (Å²) in [6, 6.07) is 4.84. The molecule has 25 heavy (non-hydrogen) atoms. The van der Waals surface area contributed by atoms with Crippen LogP contribution in [0.3, 0.4) is 0 Å². The number of rotatable bonds is 9. The number of halogens is 1. The summed E-state index contributed by atoms with van der Waals surface area (Å²) in [5.41, 5.74) is 4.38.